The molecule has 0 saturated carbocycles. The number of rotatable bonds is 2. The van der Waals surface area contributed by atoms with E-state index in [-0.39, 0.29) is 4.48 Å². The average Bonchev–Trinajstić information content (AvgIpc) is 2.18. The van der Waals surface area contributed by atoms with Gasteiger partial charge in [-0.1, -0.05) is 30.3 Å². The van der Waals surface area contributed by atoms with Crippen molar-refractivity contribution >= 4 is 27.8 Å². The van der Waals surface area contributed by atoms with Gasteiger partial charge in [0.1, 0.15) is 6.07 Å². The summed E-state index contributed by atoms with van der Waals surface area (Å²) in [5.74, 6) is -0.566. The van der Waals surface area contributed by atoms with Crippen LogP contribution in [-0.4, -0.2) is 5.78 Å². The molecule has 2 nitrogen and oxygen atoms in total. The van der Waals surface area contributed by atoms with Crippen LogP contribution in [0.1, 0.15) is 5.56 Å². The Morgan fingerprint density at radius 3 is 2.54 bits per heavy atom. The first-order valence-electron chi connectivity index (χ1n) is 3.60. The van der Waals surface area contributed by atoms with E-state index >= 15 is 0 Å². The molecule has 0 N–H and O–H groups in total. The van der Waals surface area contributed by atoms with Crippen molar-refractivity contribution in [3.05, 3.63) is 40.4 Å². The Labute approximate surface area is 84.6 Å². The Balaban J connectivity index is 2.91. The molecule has 0 spiro atoms. The Hall–Kier alpha value is -1.40. The minimum absolute atomic E-state index is 0.279. The molecule has 0 aromatic heterocycles. The van der Waals surface area contributed by atoms with Crippen LogP contribution in [0.5, 0.6) is 0 Å². The Morgan fingerprint density at radius 1 is 1.38 bits per heavy atom. The lowest BCUT2D eigenvalue weighted by Crippen LogP contribution is -1.90. The maximum atomic E-state index is 10.8. The topological polar surface area (TPSA) is 40.9 Å². The number of nitrogens with zero attached hydrogens (tertiary/aromatic N) is 1. The summed E-state index contributed by atoms with van der Waals surface area (Å²) in [5.41, 5.74) is 0.887. The number of hydrogen-bond donors (Lipinski definition) is 0. The van der Waals surface area contributed by atoms with Crippen LogP contribution < -0.4 is 0 Å². The number of allylic oxidation sites excluding steroid dienone is 1. The van der Waals surface area contributed by atoms with E-state index in [1.807, 2.05) is 30.3 Å². The SMILES string of the molecule is N#CC(=O)/C(Br)=C\c1ccccc1. The van der Waals surface area contributed by atoms with E-state index in [2.05, 4.69) is 15.9 Å². The highest BCUT2D eigenvalue weighted by molar-refractivity contribution is 9.12. The molecule has 0 aliphatic heterocycles. The van der Waals surface area contributed by atoms with E-state index in [4.69, 9.17) is 5.26 Å². The maximum Gasteiger partial charge on any atom is 0.269 e. The smallest absolute Gasteiger partial charge is 0.269 e. The molecule has 0 bridgehead atoms. The summed E-state index contributed by atoms with van der Waals surface area (Å²) in [5, 5.41) is 8.31. The van der Waals surface area contributed by atoms with Gasteiger partial charge in [-0.25, -0.2) is 0 Å². The molecule has 0 aliphatic rings. The minimum atomic E-state index is -0.566. The molecule has 0 unspecified atom stereocenters. The van der Waals surface area contributed by atoms with Crippen molar-refractivity contribution < 1.29 is 4.79 Å². The first-order valence-corrected chi connectivity index (χ1v) is 4.40. The zero-order valence-corrected chi connectivity index (χ0v) is 8.28. The van der Waals surface area contributed by atoms with Gasteiger partial charge in [0.25, 0.3) is 5.78 Å². The fourth-order valence-corrected chi connectivity index (χ4v) is 1.17. The van der Waals surface area contributed by atoms with Gasteiger partial charge in [0.2, 0.25) is 0 Å². The third-order valence-electron chi connectivity index (χ3n) is 1.41. The minimum Gasteiger partial charge on any atom is -0.276 e. The van der Waals surface area contributed by atoms with Crippen molar-refractivity contribution in [3.63, 3.8) is 0 Å². The fraction of sp³-hybridized carbons (Fsp3) is 0. The third-order valence-corrected chi connectivity index (χ3v) is 2.00. The normalized spacial score (nSPS) is 10.6. The lowest BCUT2D eigenvalue weighted by Gasteiger charge is -1.92. The Kier molecular flexibility index (Phi) is 3.41. The number of hydrogen-bond acceptors (Lipinski definition) is 2. The molecule has 1 aromatic rings. The van der Waals surface area contributed by atoms with Gasteiger partial charge in [-0.05, 0) is 27.6 Å². The molecular formula is C10H6BrNO. The van der Waals surface area contributed by atoms with Gasteiger partial charge in [-0.2, -0.15) is 5.26 Å². The molecule has 0 heterocycles. The van der Waals surface area contributed by atoms with Crippen molar-refractivity contribution in [2.75, 3.05) is 0 Å². The number of nitriles is 1. The highest BCUT2D eigenvalue weighted by Crippen LogP contribution is 2.12. The standard InChI is InChI=1S/C10H6BrNO/c11-9(10(13)7-12)6-8-4-2-1-3-5-8/h1-6H/b9-6+. The van der Waals surface area contributed by atoms with Gasteiger partial charge in [-0.15, -0.1) is 0 Å². The Bertz CT molecular complexity index is 376. The molecule has 0 fully saturated rings. The summed E-state index contributed by atoms with van der Waals surface area (Å²) < 4.78 is 0.279. The van der Waals surface area contributed by atoms with E-state index < -0.39 is 5.78 Å². The first kappa shape index (κ1) is 9.69. The van der Waals surface area contributed by atoms with Gasteiger partial charge in [0, 0.05) is 0 Å². The van der Waals surface area contributed by atoms with Crippen LogP contribution in [0, 0.1) is 11.3 Å². The maximum absolute atomic E-state index is 10.8. The lowest BCUT2D eigenvalue weighted by molar-refractivity contribution is -0.110. The van der Waals surface area contributed by atoms with Crippen molar-refractivity contribution in [2.24, 2.45) is 0 Å². The summed E-state index contributed by atoms with van der Waals surface area (Å²) in [6.07, 6.45) is 1.62. The number of ketones is 1. The highest BCUT2D eigenvalue weighted by Gasteiger charge is 2.02. The summed E-state index contributed by atoms with van der Waals surface area (Å²) in [4.78, 5) is 10.8. The second-order valence-electron chi connectivity index (χ2n) is 2.34. The molecule has 0 aliphatic carbocycles. The van der Waals surface area contributed by atoms with Crippen molar-refractivity contribution in [1.29, 1.82) is 5.26 Å². The van der Waals surface area contributed by atoms with Gasteiger partial charge in [-0.3, -0.25) is 4.79 Å². The predicted octanol–water partition coefficient (Wildman–Crippen LogP) is 2.52. The summed E-state index contributed by atoms with van der Waals surface area (Å²) in [7, 11) is 0. The van der Waals surface area contributed by atoms with Crippen LogP contribution >= 0.6 is 15.9 Å². The van der Waals surface area contributed by atoms with E-state index in [9.17, 15) is 4.79 Å². The van der Waals surface area contributed by atoms with Gasteiger partial charge in [0.15, 0.2) is 0 Å². The number of benzene rings is 1. The van der Waals surface area contributed by atoms with Crippen LogP contribution in [0.2, 0.25) is 0 Å². The van der Waals surface area contributed by atoms with Crippen LogP contribution in [0.25, 0.3) is 6.08 Å². The average molecular weight is 236 g/mol. The molecule has 3 heteroatoms. The quantitative estimate of drug-likeness (QED) is 0.584. The predicted molar refractivity (Wildman–Crippen MR) is 54.0 cm³/mol. The first-order chi connectivity index (χ1) is 6.24. The zero-order chi connectivity index (χ0) is 9.68. The van der Waals surface area contributed by atoms with Crippen molar-refractivity contribution in [2.45, 2.75) is 0 Å². The fourth-order valence-electron chi connectivity index (χ4n) is 0.815. The molecule has 0 amide bonds. The highest BCUT2D eigenvalue weighted by atomic mass is 79.9. The van der Waals surface area contributed by atoms with Crippen LogP contribution in [-0.2, 0) is 4.79 Å². The Morgan fingerprint density at radius 2 is 2.00 bits per heavy atom. The van der Waals surface area contributed by atoms with Crippen LogP contribution in [0.15, 0.2) is 34.8 Å². The molecular weight excluding hydrogens is 230 g/mol. The summed E-state index contributed by atoms with van der Waals surface area (Å²) >= 11 is 3.03. The van der Waals surface area contributed by atoms with Crippen LogP contribution in [0.3, 0.4) is 0 Å². The third kappa shape index (κ3) is 2.85. The number of carbonyl (C=O) groups is 1. The number of halogens is 1. The molecule has 0 radical (unpaired) electrons. The van der Waals surface area contributed by atoms with E-state index in [0.29, 0.717) is 0 Å². The molecule has 64 valence electrons. The van der Waals surface area contributed by atoms with Gasteiger partial charge >= 0.3 is 0 Å². The second kappa shape index (κ2) is 4.58. The van der Waals surface area contributed by atoms with Crippen molar-refractivity contribution in [1.82, 2.24) is 0 Å². The molecule has 0 saturated heterocycles. The van der Waals surface area contributed by atoms with E-state index in [1.165, 1.54) is 6.07 Å². The number of carbonyl (C=O) groups excluding carboxylic acids is 1. The molecule has 13 heavy (non-hydrogen) atoms. The van der Waals surface area contributed by atoms with Crippen molar-refractivity contribution in [3.8, 4) is 6.07 Å². The monoisotopic (exact) mass is 235 g/mol. The van der Waals surface area contributed by atoms with E-state index in [1.54, 1.807) is 6.08 Å². The zero-order valence-electron chi connectivity index (χ0n) is 6.70. The largest absolute Gasteiger partial charge is 0.276 e. The second-order valence-corrected chi connectivity index (χ2v) is 3.20. The number of Topliss-reactive ketones (excluding diaryl/α,β-unsaturated/α-hetero) is 1. The van der Waals surface area contributed by atoms with E-state index in [0.717, 1.165) is 5.56 Å². The molecule has 1 rings (SSSR count). The summed E-state index contributed by atoms with van der Waals surface area (Å²) in [6.45, 7) is 0. The van der Waals surface area contributed by atoms with Gasteiger partial charge in [0.05, 0.1) is 4.48 Å². The molecule has 1 aromatic carbocycles. The summed E-state index contributed by atoms with van der Waals surface area (Å²) in [6, 6.07) is 10.9. The lowest BCUT2D eigenvalue weighted by atomic mass is 10.2. The van der Waals surface area contributed by atoms with Gasteiger partial charge < -0.3 is 0 Å². The van der Waals surface area contributed by atoms with Crippen LogP contribution in [0.4, 0.5) is 0 Å². The molecule has 0 atom stereocenters.